The molecule has 0 amide bonds. The van der Waals surface area contributed by atoms with Crippen LogP contribution in [-0.4, -0.2) is 27.0 Å². The largest absolute Gasteiger partial charge is 0.348 e. The number of nitrogens with one attached hydrogen (secondary N) is 1. The first-order valence-electron chi connectivity index (χ1n) is 4.71. The first-order chi connectivity index (χ1) is 6.50. The van der Waals surface area contributed by atoms with Gasteiger partial charge in [0.15, 0.2) is 0 Å². The fraction of sp³-hybridized carbons (Fsp3) is 0.600. The molecule has 0 aliphatic heterocycles. The van der Waals surface area contributed by atoms with Crippen molar-refractivity contribution in [2.24, 2.45) is 4.99 Å². The fourth-order valence-electron chi connectivity index (χ4n) is 0.959. The number of imidazole rings is 1. The zero-order chi connectivity index (χ0) is 10.6. The molecule has 4 heteroatoms. The van der Waals surface area contributed by atoms with E-state index in [2.05, 4.69) is 27.6 Å². The van der Waals surface area contributed by atoms with Gasteiger partial charge in [-0.2, -0.15) is 12.6 Å². The maximum Gasteiger partial charge on any atom is 0.0921 e. The molecule has 0 aliphatic rings. The number of hydrogen-bond acceptors (Lipinski definition) is 3. The minimum atomic E-state index is -0.117. The first kappa shape index (κ1) is 11.3. The van der Waals surface area contributed by atoms with Gasteiger partial charge in [-0.15, -0.1) is 0 Å². The van der Waals surface area contributed by atoms with Gasteiger partial charge >= 0.3 is 0 Å². The van der Waals surface area contributed by atoms with Crippen molar-refractivity contribution in [3.8, 4) is 0 Å². The van der Waals surface area contributed by atoms with Gasteiger partial charge in [0.2, 0.25) is 0 Å². The SMILES string of the molecule is CC(=NCCc1cnc[nH]1)C(C)(C)S. The summed E-state index contributed by atoms with van der Waals surface area (Å²) in [6.45, 7) is 6.90. The number of aromatic nitrogens is 2. The minimum absolute atomic E-state index is 0.117. The summed E-state index contributed by atoms with van der Waals surface area (Å²) >= 11 is 4.45. The number of thiol groups is 1. The molecule has 0 saturated carbocycles. The molecule has 78 valence electrons. The van der Waals surface area contributed by atoms with E-state index in [-0.39, 0.29) is 4.75 Å². The van der Waals surface area contributed by atoms with Crippen molar-refractivity contribution >= 4 is 18.3 Å². The Morgan fingerprint density at radius 3 is 2.86 bits per heavy atom. The molecule has 0 aliphatic carbocycles. The molecule has 0 spiro atoms. The third-order valence-corrected chi connectivity index (χ3v) is 2.49. The highest BCUT2D eigenvalue weighted by molar-refractivity contribution is 7.82. The second kappa shape index (κ2) is 4.64. The standard InChI is InChI=1S/C10H17N3S/c1-8(10(2,3)14)12-5-4-9-6-11-7-13-9/h6-7,14H,4-5H2,1-3H3,(H,11,13). The van der Waals surface area contributed by atoms with Crippen LogP contribution in [0.2, 0.25) is 0 Å². The average molecular weight is 211 g/mol. The minimum Gasteiger partial charge on any atom is -0.348 e. The van der Waals surface area contributed by atoms with Crippen LogP contribution in [-0.2, 0) is 6.42 Å². The zero-order valence-corrected chi connectivity index (χ0v) is 9.80. The van der Waals surface area contributed by atoms with Crippen LogP contribution in [0.1, 0.15) is 26.5 Å². The van der Waals surface area contributed by atoms with Crippen molar-refractivity contribution < 1.29 is 0 Å². The Kier molecular flexibility index (Phi) is 3.75. The summed E-state index contributed by atoms with van der Waals surface area (Å²) < 4.78 is -0.117. The molecule has 1 heterocycles. The summed E-state index contributed by atoms with van der Waals surface area (Å²) in [6, 6.07) is 0. The number of aromatic amines is 1. The maximum absolute atomic E-state index is 4.46. The van der Waals surface area contributed by atoms with Crippen LogP contribution in [0.15, 0.2) is 17.5 Å². The van der Waals surface area contributed by atoms with Crippen LogP contribution in [0.4, 0.5) is 0 Å². The first-order valence-corrected chi connectivity index (χ1v) is 5.16. The van der Waals surface area contributed by atoms with Gasteiger partial charge in [0.1, 0.15) is 0 Å². The lowest BCUT2D eigenvalue weighted by atomic mass is 10.1. The number of hydrogen-bond donors (Lipinski definition) is 2. The second-order valence-corrected chi connectivity index (χ2v) is 4.97. The molecule has 0 unspecified atom stereocenters. The van der Waals surface area contributed by atoms with Gasteiger partial charge in [-0.05, 0) is 20.8 Å². The Bertz CT molecular complexity index is 296. The van der Waals surface area contributed by atoms with Crippen LogP contribution in [0.5, 0.6) is 0 Å². The average Bonchev–Trinajstić information content (AvgIpc) is 2.55. The zero-order valence-electron chi connectivity index (χ0n) is 8.91. The molecule has 0 atom stereocenters. The highest BCUT2D eigenvalue weighted by Crippen LogP contribution is 2.14. The molecule has 14 heavy (non-hydrogen) atoms. The van der Waals surface area contributed by atoms with E-state index in [0.717, 1.165) is 24.4 Å². The van der Waals surface area contributed by atoms with Crippen LogP contribution < -0.4 is 0 Å². The lowest BCUT2D eigenvalue weighted by molar-refractivity contribution is 0.891. The lowest BCUT2D eigenvalue weighted by Crippen LogP contribution is -2.22. The van der Waals surface area contributed by atoms with Crippen LogP contribution in [0.3, 0.4) is 0 Å². The Morgan fingerprint density at radius 2 is 2.36 bits per heavy atom. The molecule has 1 aromatic heterocycles. The third kappa shape index (κ3) is 3.54. The van der Waals surface area contributed by atoms with E-state index in [4.69, 9.17) is 0 Å². The van der Waals surface area contributed by atoms with Crippen molar-refractivity contribution in [3.63, 3.8) is 0 Å². The molecule has 0 fully saturated rings. The van der Waals surface area contributed by atoms with E-state index < -0.39 is 0 Å². The fourth-order valence-corrected chi connectivity index (χ4v) is 1.03. The van der Waals surface area contributed by atoms with Gasteiger partial charge < -0.3 is 4.98 Å². The Labute approximate surface area is 90.5 Å². The van der Waals surface area contributed by atoms with Crippen molar-refractivity contribution in [3.05, 3.63) is 18.2 Å². The third-order valence-electron chi connectivity index (χ3n) is 2.17. The molecule has 1 aromatic rings. The summed E-state index contributed by atoms with van der Waals surface area (Å²) in [5, 5.41) is 0. The van der Waals surface area contributed by atoms with Gasteiger partial charge in [0, 0.05) is 35.3 Å². The number of nitrogens with zero attached hydrogens (tertiary/aromatic N) is 2. The summed E-state index contributed by atoms with van der Waals surface area (Å²) in [7, 11) is 0. The van der Waals surface area contributed by atoms with E-state index in [1.54, 1.807) is 6.33 Å². The van der Waals surface area contributed by atoms with Gasteiger partial charge in [0.25, 0.3) is 0 Å². The highest BCUT2D eigenvalue weighted by Gasteiger charge is 2.14. The summed E-state index contributed by atoms with van der Waals surface area (Å²) in [6.07, 6.45) is 4.42. The number of rotatable bonds is 4. The van der Waals surface area contributed by atoms with Gasteiger partial charge in [0.05, 0.1) is 6.33 Å². The van der Waals surface area contributed by atoms with E-state index in [0.29, 0.717) is 0 Å². The van der Waals surface area contributed by atoms with Gasteiger partial charge in [-0.3, -0.25) is 4.99 Å². The normalized spacial score (nSPS) is 13.3. The molecule has 0 saturated heterocycles. The molecule has 0 radical (unpaired) electrons. The van der Waals surface area contributed by atoms with Crippen LogP contribution in [0, 0.1) is 0 Å². The predicted molar refractivity (Wildman–Crippen MR) is 63.3 cm³/mol. The van der Waals surface area contributed by atoms with Crippen molar-refractivity contribution in [1.82, 2.24) is 9.97 Å². The van der Waals surface area contributed by atoms with E-state index in [1.807, 2.05) is 27.0 Å². The van der Waals surface area contributed by atoms with E-state index in [9.17, 15) is 0 Å². The Balaban J connectivity index is 2.41. The number of H-pyrrole nitrogens is 1. The van der Waals surface area contributed by atoms with Crippen molar-refractivity contribution in [2.75, 3.05) is 6.54 Å². The second-order valence-electron chi connectivity index (χ2n) is 3.85. The lowest BCUT2D eigenvalue weighted by Gasteiger charge is -2.16. The Hall–Kier alpha value is -0.770. The van der Waals surface area contributed by atoms with Crippen molar-refractivity contribution in [1.29, 1.82) is 0 Å². The van der Waals surface area contributed by atoms with Crippen molar-refractivity contribution in [2.45, 2.75) is 31.9 Å². The summed E-state index contributed by atoms with van der Waals surface area (Å²) in [5.74, 6) is 0. The smallest absolute Gasteiger partial charge is 0.0921 e. The monoisotopic (exact) mass is 211 g/mol. The van der Waals surface area contributed by atoms with Gasteiger partial charge in [-0.25, -0.2) is 4.98 Å². The molecular weight excluding hydrogens is 194 g/mol. The molecular formula is C10H17N3S. The molecule has 1 N–H and O–H groups in total. The topological polar surface area (TPSA) is 41.0 Å². The van der Waals surface area contributed by atoms with Crippen LogP contribution >= 0.6 is 12.6 Å². The van der Waals surface area contributed by atoms with E-state index in [1.165, 1.54) is 0 Å². The highest BCUT2D eigenvalue weighted by atomic mass is 32.1. The predicted octanol–water partition coefficient (Wildman–Crippen LogP) is 2.12. The molecule has 3 nitrogen and oxygen atoms in total. The quantitative estimate of drug-likeness (QED) is 0.581. The van der Waals surface area contributed by atoms with Gasteiger partial charge in [-0.1, -0.05) is 0 Å². The van der Waals surface area contributed by atoms with Crippen LogP contribution in [0.25, 0.3) is 0 Å². The maximum atomic E-state index is 4.46. The molecule has 0 aromatic carbocycles. The molecule has 1 rings (SSSR count). The summed E-state index contributed by atoms with van der Waals surface area (Å²) in [4.78, 5) is 11.5. The summed E-state index contributed by atoms with van der Waals surface area (Å²) in [5.41, 5.74) is 2.19. The number of aliphatic imine (C=N–C) groups is 1. The molecule has 0 bridgehead atoms. The Morgan fingerprint density at radius 1 is 1.64 bits per heavy atom. The van der Waals surface area contributed by atoms with E-state index >= 15 is 0 Å².